The Kier molecular flexibility index (Phi) is 6.98. The lowest BCUT2D eigenvalue weighted by atomic mass is 9.85. The number of ether oxygens (including phenoxy) is 1. The van der Waals surface area contributed by atoms with Crippen molar-refractivity contribution in [1.82, 2.24) is 10.2 Å². The molecule has 3 aromatic rings. The second kappa shape index (κ2) is 10.2. The molecule has 0 radical (unpaired) electrons. The van der Waals surface area contributed by atoms with Crippen LogP contribution in [0.3, 0.4) is 0 Å². The second-order valence-electron chi connectivity index (χ2n) is 10.2. The van der Waals surface area contributed by atoms with Crippen LogP contribution in [-0.2, 0) is 29.8 Å². The summed E-state index contributed by atoms with van der Waals surface area (Å²) in [5, 5.41) is 12.3. The van der Waals surface area contributed by atoms with Crippen LogP contribution >= 0.6 is 11.3 Å². The summed E-state index contributed by atoms with van der Waals surface area (Å²) in [6, 6.07) is 16.6. The normalized spacial score (nSPS) is 16.9. The summed E-state index contributed by atoms with van der Waals surface area (Å²) in [6.45, 7) is 10.3. The van der Waals surface area contributed by atoms with E-state index in [1.165, 1.54) is 32.7 Å². The van der Waals surface area contributed by atoms with E-state index in [0.29, 0.717) is 13.2 Å². The second-order valence-corrected chi connectivity index (χ2v) is 11.3. The quantitative estimate of drug-likeness (QED) is 0.501. The third-order valence-corrected chi connectivity index (χ3v) is 9.00. The Labute approximate surface area is 217 Å². The number of hydrogen-bond donors (Lipinski definition) is 1. The first-order valence-electron chi connectivity index (χ1n) is 12.7. The summed E-state index contributed by atoms with van der Waals surface area (Å²) in [4.78, 5) is 17.5. The molecule has 1 fully saturated rings. The number of fused-ring (bicyclic) bond motifs is 2. The average molecular weight is 500 g/mol. The van der Waals surface area contributed by atoms with Crippen molar-refractivity contribution in [3.05, 3.63) is 91.2 Å². The van der Waals surface area contributed by atoms with Crippen molar-refractivity contribution in [2.45, 2.75) is 58.7 Å². The molecule has 1 spiro atoms. The molecule has 0 atom stereocenters. The van der Waals surface area contributed by atoms with Crippen molar-refractivity contribution in [3.63, 3.8) is 0 Å². The molecular formula is C30H33N3O2S. The lowest BCUT2D eigenvalue weighted by Crippen LogP contribution is -2.45. The van der Waals surface area contributed by atoms with Gasteiger partial charge < -0.3 is 10.1 Å². The number of nitrogens with one attached hydrogen (secondary N) is 1. The molecule has 5 nitrogen and oxygen atoms in total. The number of thiophene rings is 1. The maximum absolute atomic E-state index is 13.0. The van der Waals surface area contributed by atoms with Gasteiger partial charge in [0, 0.05) is 31.1 Å². The van der Waals surface area contributed by atoms with Crippen molar-refractivity contribution in [2.75, 3.05) is 19.7 Å². The monoisotopic (exact) mass is 499 g/mol. The van der Waals surface area contributed by atoms with E-state index in [4.69, 9.17) is 4.74 Å². The molecule has 186 valence electrons. The average Bonchev–Trinajstić information content (AvgIpc) is 3.33. The van der Waals surface area contributed by atoms with Crippen LogP contribution < -0.4 is 5.32 Å². The predicted octanol–water partition coefficient (Wildman–Crippen LogP) is 5.54. The van der Waals surface area contributed by atoms with E-state index >= 15 is 0 Å². The molecule has 3 heterocycles. The molecule has 1 amide bonds. The van der Waals surface area contributed by atoms with E-state index in [1.807, 2.05) is 12.1 Å². The van der Waals surface area contributed by atoms with E-state index < -0.39 is 0 Å². The minimum absolute atomic E-state index is 0.00525. The van der Waals surface area contributed by atoms with E-state index in [0.717, 1.165) is 54.9 Å². The molecule has 0 unspecified atom stereocenters. The van der Waals surface area contributed by atoms with Gasteiger partial charge in [0.25, 0.3) is 5.91 Å². The van der Waals surface area contributed by atoms with Gasteiger partial charge in [0.15, 0.2) is 0 Å². The standard InChI is InChI=1S/C30H33N3O2S/c1-20-4-6-23(7-5-20)18-32-29(34)27-16-25-8-13-35-30(28(25)36-27)9-11-33(12-10-30)19-26-21(2)14-24(17-31)15-22(26)3/h4-7,14-16H,8-13,18-19H2,1-3H3,(H,32,34). The van der Waals surface area contributed by atoms with Crippen LogP contribution in [0.1, 0.15) is 66.3 Å². The van der Waals surface area contributed by atoms with Crippen LogP contribution in [0.2, 0.25) is 0 Å². The third kappa shape index (κ3) is 4.97. The SMILES string of the molecule is Cc1ccc(CNC(=O)c2cc3c(s2)C2(CCN(Cc4c(C)cc(C#N)cc4C)CC2)OCC3)cc1. The summed E-state index contributed by atoms with van der Waals surface area (Å²) in [7, 11) is 0. The number of benzene rings is 2. The van der Waals surface area contributed by atoms with E-state index in [2.05, 4.69) is 67.4 Å². The molecule has 2 aliphatic rings. The van der Waals surface area contributed by atoms with Gasteiger partial charge in [0.2, 0.25) is 0 Å². The number of aryl methyl sites for hydroxylation is 3. The topological polar surface area (TPSA) is 65.4 Å². The summed E-state index contributed by atoms with van der Waals surface area (Å²) in [5.74, 6) is -0.00525. The van der Waals surface area contributed by atoms with Crippen LogP contribution in [-0.4, -0.2) is 30.5 Å². The number of carbonyl (C=O) groups is 1. The molecule has 1 saturated heterocycles. The Balaban J connectivity index is 1.26. The van der Waals surface area contributed by atoms with Gasteiger partial charge >= 0.3 is 0 Å². The predicted molar refractivity (Wildman–Crippen MR) is 143 cm³/mol. The maximum atomic E-state index is 13.0. The van der Waals surface area contributed by atoms with E-state index in [9.17, 15) is 10.1 Å². The fraction of sp³-hybridized carbons (Fsp3) is 0.400. The number of carbonyl (C=O) groups excluding carboxylic acids is 1. The van der Waals surface area contributed by atoms with Crippen molar-refractivity contribution in [1.29, 1.82) is 5.26 Å². The number of nitrogens with zero attached hydrogens (tertiary/aromatic N) is 2. The molecule has 6 heteroatoms. The lowest BCUT2D eigenvalue weighted by Gasteiger charge is -2.44. The number of likely N-dealkylation sites (tertiary alicyclic amines) is 1. The van der Waals surface area contributed by atoms with Crippen molar-refractivity contribution in [3.8, 4) is 6.07 Å². The molecular weight excluding hydrogens is 466 g/mol. The Bertz CT molecular complexity index is 1290. The Hall–Kier alpha value is -2.98. The van der Waals surface area contributed by atoms with Crippen LogP contribution in [0.5, 0.6) is 0 Å². The van der Waals surface area contributed by atoms with Gasteiger partial charge in [-0.1, -0.05) is 29.8 Å². The Morgan fingerprint density at radius 1 is 1.11 bits per heavy atom. The van der Waals surface area contributed by atoms with Crippen molar-refractivity contribution >= 4 is 17.2 Å². The van der Waals surface area contributed by atoms with Crippen molar-refractivity contribution < 1.29 is 9.53 Å². The largest absolute Gasteiger partial charge is 0.369 e. The van der Waals surface area contributed by atoms with Crippen LogP contribution in [0.4, 0.5) is 0 Å². The highest BCUT2D eigenvalue weighted by atomic mass is 32.1. The molecule has 5 rings (SSSR count). The summed E-state index contributed by atoms with van der Waals surface area (Å²) >= 11 is 1.61. The molecule has 36 heavy (non-hydrogen) atoms. The van der Waals surface area contributed by atoms with Gasteiger partial charge in [-0.05, 0) is 86.1 Å². The number of amides is 1. The van der Waals surface area contributed by atoms with E-state index in [-0.39, 0.29) is 11.5 Å². The van der Waals surface area contributed by atoms with Crippen molar-refractivity contribution in [2.24, 2.45) is 0 Å². The van der Waals surface area contributed by atoms with Crippen LogP contribution in [0.15, 0.2) is 42.5 Å². The first-order valence-corrected chi connectivity index (χ1v) is 13.5. The summed E-state index contributed by atoms with van der Waals surface area (Å²) in [5.41, 5.74) is 7.73. The van der Waals surface area contributed by atoms with Gasteiger partial charge in [-0.3, -0.25) is 9.69 Å². The molecule has 1 N–H and O–H groups in total. The zero-order valence-electron chi connectivity index (χ0n) is 21.3. The van der Waals surface area contributed by atoms with Crippen LogP contribution in [0, 0.1) is 32.1 Å². The molecule has 0 aliphatic carbocycles. The molecule has 0 bridgehead atoms. The van der Waals surface area contributed by atoms with Gasteiger partial charge in [-0.15, -0.1) is 11.3 Å². The minimum Gasteiger partial charge on any atom is -0.369 e. The third-order valence-electron chi connectivity index (χ3n) is 7.64. The molecule has 2 aliphatic heterocycles. The first kappa shape index (κ1) is 24.7. The number of hydrogen-bond acceptors (Lipinski definition) is 5. The van der Waals surface area contributed by atoms with Gasteiger partial charge in [0.05, 0.1) is 23.1 Å². The summed E-state index contributed by atoms with van der Waals surface area (Å²) in [6.07, 6.45) is 2.73. The van der Waals surface area contributed by atoms with Gasteiger partial charge in [-0.25, -0.2) is 0 Å². The van der Waals surface area contributed by atoms with Gasteiger partial charge in [0.1, 0.15) is 5.60 Å². The Morgan fingerprint density at radius 3 is 2.47 bits per heavy atom. The highest BCUT2D eigenvalue weighted by Gasteiger charge is 2.42. The van der Waals surface area contributed by atoms with Crippen LogP contribution in [0.25, 0.3) is 0 Å². The zero-order chi connectivity index (χ0) is 25.3. The lowest BCUT2D eigenvalue weighted by molar-refractivity contribution is -0.0961. The van der Waals surface area contributed by atoms with Gasteiger partial charge in [-0.2, -0.15) is 5.26 Å². The zero-order valence-corrected chi connectivity index (χ0v) is 22.1. The van der Waals surface area contributed by atoms with E-state index in [1.54, 1.807) is 11.3 Å². The number of nitriles is 1. The minimum atomic E-state index is -0.279. The number of rotatable bonds is 5. The number of piperidine rings is 1. The first-order chi connectivity index (χ1) is 17.4. The Morgan fingerprint density at radius 2 is 1.81 bits per heavy atom. The molecule has 0 saturated carbocycles. The highest BCUT2D eigenvalue weighted by Crippen LogP contribution is 2.45. The fourth-order valence-corrected chi connectivity index (χ4v) is 6.81. The molecule has 2 aromatic carbocycles. The smallest absolute Gasteiger partial charge is 0.261 e. The fourth-order valence-electron chi connectivity index (χ4n) is 5.48. The summed E-state index contributed by atoms with van der Waals surface area (Å²) < 4.78 is 6.46. The molecule has 1 aromatic heterocycles. The maximum Gasteiger partial charge on any atom is 0.261 e. The highest BCUT2D eigenvalue weighted by molar-refractivity contribution is 7.14.